The van der Waals surface area contributed by atoms with Gasteiger partial charge < -0.3 is 24.3 Å². The van der Waals surface area contributed by atoms with Crippen molar-refractivity contribution in [3.05, 3.63) is 24.2 Å². The third-order valence-electron chi connectivity index (χ3n) is 4.25. The van der Waals surface area contributed by atoms with E-state index in [0.717, 1.165) is 25.2 Å². The van der Waals surface area contributed by atoms with Crippen molar-refractivity contribution in [2.75, 3.05) is 32.8 Å². The number of rotatable bonds is 9. The maximum absolute atomic E-state index is 13.0. The van der Waals surface area contributed by atoms with Crippen molar-refractivity contribution in [2.45, 2.75) is 46.3 Å². The van der Waals surface area contributed by atoms with Gasteiger partial charge in [-0.1, -0.05) is 13.8 Å². The molecule has 0 aromatic carbocycles. The molecule has 2 rings (SSSR count). The third kappa shape index (κ3) is 6.37. The Morgan fingerprint density at radius 1 is 1.35 bits per heavy atom. The molecule has 0 spiro atoms. The molecular weight excluding hydrogens is 334 g/mol. The molecule has 0 aliphatic carbocycles. The van der Waals surface area contributed by atoms with Gasteiger partial charge in [0.15, 0.2) is 0 Å². The van der Waals surface area contributed by atoms with Crippen molar-refractivity contribution < 1.29 is 18.7 Å². The number of furan rings is 1. The zero-order chi connectivity index (χ0) is 18.9. The Hall–Kier alpha value is -2.02. The fourth-order valence-corrected chi connectivity index (χ4v) is 3.07. The van der Waals surface area contributed by atoms with Crippen LogP contribution in [0, 0.1) is 5.92 Å². The highest BCUT2D eigenvalue weighted by Gasteiger charge is 2.26. The molecule has 1 aliphatic rings. The smallest absolute Gasteiger partial charge is 0.317 e. The number of nitrogens with zero attached hydrogens (tertiary/aromatic N) is 2. The van der Waals surface area contributed by atoms with Gasteiger partial charge >= 0.3 is 6.03 Å². The highest BCUT2D eigenvalue weighted by molar-refractivity contribution is 5.84. The number of carbonyl (C=O) groups is 2. The molecule has 1 N–H and O–H groups in total. The standard InChI is InChI=1S/C19H31N3O4/c1-4-20-19(24)22(11-15(2)3)14-18(23)21(12-16-7-5-9-25-16)13-17-8-6-10-26-17/h5,7,9,15,17H,4,6,8,10-14H2,1-3H3,(H,20,24)/t17-/m1/s1. The van der Waals surface area contributed by atoms with Crippen molar-refractivity contribution >= 4 is 11.9 Å². The summed E-state index contributed by atoms with van der Waals surface area (Å²) in [5.74, 6) is 0.913. The molecule has 7 nitrogen and oxygen atoms in total. The summed E-state index contributed by atoms with van der Waals surface area (Å²) < 4.78 is 11.1. The summed E-state index contributed by atoms with van der Waals surface area (Å²) in [5, 5.41) is 2.79. The fraction of sp³-hybridized carbons (Fsp3) is 0.684. The monoisotopic (exact) mass is 365 g/mol. The van der Waals surface area contributed by atoms with Crippen LogP contribution in [0.4, 0.5) is 4.79 Å². The Labute approximate surface area is 155 Å². The highest BCUT2D eigenvalue weighted by Crippen LogP contribution is 2.16. The summed E-state index contributed by atoms with van der Waals surface area (Å²) >= 11 is 0. The summed E-state index contributed by atoms with van der Waals surface area (Å²) in [7, 11) is 0. The van der Waals surface area contributed by atoms with Gasteiger partial charge in [0.2, 0.25) is 5.91 Å². The first-order chi connectivity index (χ1) is 12.5. The lowest BCUT2D eigenvalue weighted by Gasteiger charge is -2.29. The summed E-state index contributed by atoms with van der Waals surface area (Å²) in [5.41, 5.74) is 0. The van der Waals surface area contributed by atoms with E-state index in [1.54, 1.807) is 16.1 Å². The van der Waals surface area contributed by atoms with Crippen LogP contribution in [-0.2, 0) is 16.1 Å². The SMILES string of the molecule is CCNC(=O)N(CC(=O)N(Cc1ccco1)C[C@H]1CCCO1)CC(C)C. The summed E-state index contributed by atoms with van der Waals surface area (Å²) in [6, 6.07) is 3.46. The quantitative estimate of drug-likeness (QED) is 0.729. The average molecular weight is 365 g/mol. The van der Waals surface area contributed by atoms with Crippen LogP contribution in [0.1, 0.15) is 39.4 Å². The normalized spacial score (nSPS) is 16.7. The van der Waals surface area contributed by atoms with Crippen LogP contribution in [-0.4, -0.2) is 60.6 Å². The second-order valence-corrected chi connectivity index (χ2v) is 7.10. The Morgan fingerprint density at radius 3 is 2.73 bits per heavy atom. The molecular formula is C19H31N3O4. The van der Waals surface area contributed by atoms with Crippen LogP contribution in [0.2, 0.25) is 0 Å². The van der Waals surface area contributed by atoms with E-state index in [1.807, 2.05) is 32.9 Å². The van der Waals surface area contributed by atoms with Gasteiger partial charge in [-0.3, -0.25) is 4.79 Å². The molecule has 1 aliphatic heterocycles. The van der Waals surface area contributed by atoms with Crippen LogP contribution >= 0.6 is 0 Å². The van der Waals surface area contributed by atoms with E-state index in [4.69, 9.17) is 9.15 Å². The van der Waals surface area contributed by atoms with Gasteiger partial charge in [-0.05, 0) is 37.8 Å². The topological polar surface area (TPSA) is 75.0 Å². The minimum Gasteiger partial charge on any atom is -0.467 e. The maximum Gasteiger partial charge on any atom is 0.317 e. The molecule has 0 saturated carbocycles. The molecule has 1 aromatic rings. The van der Waals surface area contributed by atoms with Crippen molar-refractivity contribution in [3.8, 4) is 0 Å². The van der Waals surface area contributed by atoms with Crippen LogP contribution in [0.25, 0.3) is 0 Å². The van der Waals surface area contributed by atoms with Gasteiger partial charge in [-0.15, -0.1) is 0 Å². The van der Waals surface area contributed by atoms with Crippen LogP contribution < -0.4 is 5.32 Å². The average Bonchev–Trinajstić information content (AvgIpc) is 3.27. The van der Waals surface area contributed by atoms with E-state index in [0.29, 0.717) is 26.2 Å². The Kier molecular flexibility index (Phi) is 7.97. The minimum atomic E-state index is -0.204. The zero-order valence-corrected chi connectivity index (χ0v) is 16.1. The number of carbonyl (C=O) groups excluding carboxylic acids is 2. The highest BCUT2D eigenvalue weighted by atomic mass is 16.5. The Balaban J connectivity index is 2.04. The third-order valence-corrected chi connectivity index (χ3v) is 4.25. The van der Waals surface area contributed by atoms with E-state index in [2.05, 4.69) is 5.32 Å². The molecule has 1 aromatic heterocycles. The predicted octanol–water partition coefficient (Wildman–Crippen LogP) is 2.47. The van der Waals surface area contributed by atoms with E-state index in [9.17, 15) is 9.59 Å². The van der Waals surface area contributed by atoms with Crippen LogP contribution in [0.5, 0.6) is 0 Å². The largest absolute Gasteiger partial charge is 0.467 e. The Bertz CT molecular complexity index is 553. The molecule has 0 unspecified atom stereocenters. The number of hydrogen-bond donors (Lipinski definition) is 1. The first kappa shape index (κ1) is 20.3. The van der Waals surface area contributed by atoms with Crippen LogP contribution in [0.15, 0.2) is 22.8 Å². The van der Waals surface area contributed by atoms with Crippen molar-refractivity contribution in [1.82, 2.24) is 15.1 Å². The summed E-state index contributed by atoms with van der Waals surface area (Å²) in [6.07, 6.45) is 3.63. The Morgan fingerprint density at radius 2 is 2.15 bits per heavy atom. The van der Waals surface area contributed by atoms with E-state index in [1.165, 1.54) is 0 Å². The molecule has 2 heterocycles. The lowest BCUT2D eigenvalue weighted by atomic mass is 10.2. The molecule has 1 saturated heterocycles. The zero-order valence-electron chi connectivity index (χ0n) is 16.1. The van der Waals surface area contributed by atoms with E-state index < -0.39 is 0 Å². The second kappa shape index (κ2) is 10.2. The summed E-state index contributed by atoms with van der Waals surface area (Å²) in [6.45, 7) is 8.70. The maximum atomic E-state index is 13.0. The number of ether oxygens (including phenoxy) is 1. The molecule has 0 bridgehead atoms. The van der Waals surface area contributed by atoms with Gasteiger partial charge in [0.1, 0.15) is 12.3 Å². The number of hydrogen-bond acceptors (Lipinski definition) is 4. The van der Waals surface area contributed by atoms with Crippen molar-refractivity contribution in [2.24, 2.45) is 5.92 Å². The van der Waals surface area contributed by atoms with E-state index in [-0.39, 0.29) is 30.5 Å². The van der Waals surface area contributed by atoms with Crippen molar-refractivity contribution in [1.29, 1.82) is 0 Å². The van der Waals surface area contributed by atoms with Gasteiger partial charge in [0.25, 0.3) is 0 Å². The van der Waals surface area contributed by atoms with Gasteiger partial charge in [-0.25, -0.2) is 4.79 Å². The van der Waals surface area contributed by atoms with Gasteiger partial charge in [0, 0.05) is 26.2 Å². The molecule has 7 heteroatoms. The lowest BCUT2D eigenvalue weighted by Crippen LogP contribution is -2.49. The number of urea groups is 1. The summed E-state index contributed by atoms with van der Waals surface area (Å²) in [4.78, 5) is 28.6. The number of nitrogens with one attached hydrogen (secondary N) is 1. The number of amides is 3. The molecule has 0 radical (unpaired) electrons. The van der Waals surface area contributed by atoms with Crippen molar-refractivity contribution in [3.63, 3.8) is 0 Å². The molecule has 146 valence electrons. The molecule has 3 amide bonds. The molecule has 1 fully saturated rings. The van der Waals surface area contributed by atoms with Gasteiger partial charge in [-0.2, -0.15) is 0 Å². The van der Waals surface area contributed by atoms with E-state index >= 15 is 0 Å². The van der Waals surface area contributed by atoms with Crippen LogP contribution in [0.3, 0.4) is 0 Å². The second-order valence-electron chi connectivity index (χ2n) is 7.10. The molecule has 1 atom stereocenters. The first-order valence-corrected chi connectivity index (χ1v) is 9.44. The minimum absolute atomic E-state index is 0.0527. The van der Waals surface area contributed by atoms with Gasteiger partial charge in [0.05, 0.1) is 18.9 Å². The molecule has 26 heavy (non-hydrogen) atoms. The fourth-order valence-electron chi connectivity index (χ4n) is 3.07. The lowest BCUT2D eigenvalue weighted by molar-refractivity contribution is -0.134. The predicted molar refractivity (Wildman–Crippen MR) is 98.6 cm³/mol. The first-order valence-electron chi connectivity index (χ1n) is 9.44.